The lowest BCUT2D eigenvalue weighted by Gasteiger charge is -2.11. The molecule has 0 radical (unpaired) electrons. The first-order chi connectivity index (χ1) is 10.8. The summed E-state index contributed by atoms with van der Waals surface area (Å²) in [7, 11) is 6.02. The monoisotopic (exact) mass is 334 g/mol. The molecule has 124 valence electrons. The van der Waals surface area contributed by atoms with Crippen LogP contribution in [0.1, 0.15) is 31.3 Å². The summed E-state index contributed by atoms with van der Waals surface area (Å²) in [5.41, 5.74) is 1.14. The SMILES string of the molecule is CC(C)c1nc(CN(C)C)n(C)c1Sc1cccc([N+](=O)[O-])c1. The molecule has 0 spiro atoms. The van der Waals surface area contributed by atoms with Gasteiger partial charge in [-0.05, 0) is 26.1 Å². The van der Waals surface area contributed by atoms with Crippen molar-refractivity contribution in [2.24, 2.45) is 7.05 Å². The number of rotatable bonds is 6. The van der Waals surface area contributed by atoms with E-state index < -0.39 is 0 Å². The molecule has 0 saturated heterocycles. The van der Waals surface area contributed by atoms with Crippen LogP contribution in [0.2, 0.25) is 0 Å². The molecule has 0 saturated carbocycles. The Morgan fingerprint density at radius 2 is 2.09 bits per heavy atom. The van der Waals surface area contributed by atoms with E-state index in [1.54, 1.807) is 12.1 Å². The number of non-ortho nitro benzene ring substituents is 1. The number of hydrogen-bond acceptors (Lipinski definition) is 5. The Kier molecular flexibility index (Phi) is 5.43. The Labute approximate surface area is 140 Å². The molecule has 0 aliphatic carbocycles. The van der Waals surface area contributed by atoms with Gasteiger partial charge in [-0.1, -0.05) is 31.7 Å². The first-order valence-electron chi connectivity index (χ1n) is 7.42. The van der Waals surface area contributed by atoms with E-state index >= 15 is 0 Å². The molecule has 0 aliphatic heterocycles. The number of hydrogen-bond donors (Lipinski definition) is 0. The molecule has 0 bridgehead atoms. The molecule has 1 aromatic carbocycles. The van der Waals surface area contributed by atoms with Crippen LogP contribution in [0.15, 0.2) is 34.2 Å². The fraction of sp³-hybridized carbons (Fsp3) is 0.438. The van der Waals surface area contributed by atoms with E-state index in [1.165, 1.54) is 17.8 Å². The van der Waals surface area contributed by atoms with Crippen molar-refractivity contribution in [3.8, 4) is 0 Å². The maximum Gasteiger partial charge on any atom is 0.270 e. The maximum atomic E-state index is 10.9. The van der Waals surface area contributed by atoms with Gasteiger partial charge in [0.05, 0.1) is 17.2 Å². The molecule has 7 heteroatoms. The van der Waals surface area contributed by atoms with Gasteiger partial charge in [0.15, 0.2) is 0 Å². The van der Waals surface area contributed by atoms with Crippen molar-refractivity contribution < 1.29 is 4.92 Å². The molecule has 0 atom stereocenters. The largest absolute Gasteiger partial charge is 0.325 e. The van der Waals surface area contributed by atoms with Gasteiger partial charge in [0, 0.05) is 24.1 Å². The van der Waals surface area contributed by atoms with Gasteiger partial charge in [-0.15, -0.1) is 0 Å². The predicted octanol–water partition coefficient (Wildman–Crippen LogP) is 3.66. The number of aromatic nitrogens is 2. The van der Waals surface area contributed by atoms with Crippen LogP contribution >= 0.6 is 11.8 Å². The molecular formula is C16H22N4O2S. The van der Waals surface area contributed by atoms with Crippen LogP contribution in [0.3, 0.4) is 0 Å². The smallest absolute Gasteiger partial charge is 0.270 e. The lowest BCUT2D eigenvalue weighted by molar-refractivity contribution is -0.385. The fourth-order valence-electron chi connectivity index (χ4n) is 2.24. The quantitative estimate of drug-likeness (QED) is 0.596. The average molecular weight is 334 g/mol. The normalized spacial score (nSPS) is 11.4. The molecule has 1 heterocycles. The van der Waals surface area contributed by atoms with Gasteiger partial charge in [0.25, 0.3) is 5.69 Å². The molecule has 0 amide bonds. The number of nitro groups is 1. The van der Waals surface area contributed by atoms with Gasteiger partial charge >= 0.3 is 0 Å². The summed E-state index contributed by atoms with van der Waals surface area (Å²) in [6, 6.07) is 6.72. The van der Waals surface area contributed by atoms with Crippen LogP contribution in [0.5, 0.6) is 0 Å². The van der Waals surface area contributed by atoms with Crippen molar-refractivity contribution in [3.63, 3.8) is 0 Å². The van der Waals surface area contributed by atoms with E-state index in [-0.39, 0.29) is 10.6 Å². The van der Waals surface area contributed by atoms with Gasteiger partial charge in [-0.25, -0.2) is 4.98 Å². The molecule has 0 unspecified atom stereocenters. The Morgan fingerprint density at radius 3 is 2.65 bits per heavy atom. The molecule has 0 fully saturated rings. The third-order valence-electron chi connectivity index (χ3n) is 3.41. The third kappa shape index (κ3) is 4.11. The zero-order valence-electron chi connectivity index (χ0n) is 14.1. The molecule has 1 aromatic heterocycles. The summed E-state index contributed by atoms with van der Waals surface area (Å²) in [6.07, 6.45) is 0. The van der Waals surface area contributed by atoms with E-state index in [0.717, 1.165) is 28.0 Å². The standard InChI is InChI=1S/C16H22N4O2S/c1-11(2)15-16(19(5)14(17-15)10-18(3)4)23-13-8-6-7-12(9-13)20(21)22/h6-9,11H,10H2,1-5H3. The van der Waals surface area contributed by atoms with Crippen LogP contribution in [0.25, 0.3) is 0 Å². The Morgan fingerprint density at radius 1 is 1.39 bits per heavy atom. The van der Waals surface area contributed by atoms with Crippen LogP contribution in [0, 0.1) is 10.1 Å². The fourth-order valence-corrected chi connectivity index (χ4v) is 3.42. The minimum absolute atomic E-state index is 0.108. The molecule has 0 N–H and O–H groups in total. The van der Waals surface area contributed by atoms with E-state index in [9.17, 15) is 10.1 Å². The lowest BCUT2D eigenvalue weighted by atomic mass is 10.2. The second kappa shape index (κ2) is 7.14. The molecule has 2 rings (SSSR count). The first-order valence-corrected chi connectivity index (χ1v) is 8.23. The lowest BCUT2D eigenvalue weighted by Crippen LogP contribution is -2.14. The number of imidazole rings is 1. The maximum absolute atomic E-state index is 10.9. The van der Waals surface area contributed by atoms with Crippen LogP contribution in [0.4, 0.5) is 5.69 Å². The molecule has 2 aromatic rings. The highest BCUT2D eigenvalue weighted by molar-refractivity contribution is 7.99. The molecule has 23 heavy (non-hydrogen) atoms. The van der Waals surface area contributed by atoms with Crippen molar-refractivity contribution in [2.75, 3.05) is 14.1 Å². The van der Waals surface area contributed by atoms with Crippen molar-refractivity contribution in [3.05, 3.63) is 45.9 Å². The van der Waals surface area contributed by atoms with Crippen molar-refractivity contribution >= 4 is 17.4 Å². The van der Waals surface area contributed by atoms with Crippen molar-refractivity contribution in [1.29, 1.82) is 0 Å². The molecule has 0 aliphatic rings. The Bertz CT molecular complexity index is 710. The minimum Gasteiger partial charge on any atom is -0.325 e. The van der Waals surface area contributed by atoms with E-state index in [2.05, 4.69) is 23.3 Å². The second-order valence-corrected chi connectivity index (χ2v) is 7.09. The zero-order valence-corrected chi connectivity index (χ0v) is 14.9. The molecule has 6 nitrogen and oxygen atoms in total. The number of nitro benzene ring substituents is 1. The van der Waals surface area contributed by atoms with Gasteiger partial charge in [-0.3, -0.25) is 10.1 Å². The summed E-state index contributed by atoms with van der Waals surface area (Å²) >= 11 is 1.53. The van der Waals surface area contributed by atoms with Gasteiger partial charge in [0.2, 0.25) is 0 Å². The highest BCUT2D eigenvalue weighted by atomic mass is 32.2. The van der Waals surface area contributed by atoms with Crippen LogP contribution in [-0.2, 0) is 13.6 Å². The van der Waals surface area contributed by atoms with E-state index in [1.807, 2.05) is 27.2 Å². The van der Waals surface area contributed by atoms with Gasteiger partial charge in [-0.2, -0.15) is 0 Å². The first kappa shape index (κ1) is 17.5. The number of nitrogens with zero attached hydrogens (tertiary/aromatic N) is 4. The van der Waals surface area contributed by atoms with Crippen molar-refractivity contribution in [2.45, 2.75) is 36.2 Å². The summed E-state index contributed by atoms with van der Waals surface area (Å²) < 4.78 is 2.08. The summed E-state index contributed by atoms with van der Waals surface area (Å²) in [5, 5.41) is 12.0. The Balaban J connectivity index is 2.40. The highest BCUT2D eigenvalue weighted by Crippen LogP contribution is 2.35. The third-order valence-corrected chi connectivity index (χ3v) is 4.57. The number of benzene rings is 1. The van der Waals surface area contributed by atoms with Crippen LogP contribution in [-0.4, -0.2) is 33.5 Å². The summed E-state index contributed by atoms with van der Waals surface area (Å²) in [5.74, 6) is 1.28. The van der Waals surface area contributed by atoms with Crippen molar-refractivity contribution in [1.82, 2.24) is 14.5 Å². The summed E-state index contributed by atoms with van der Waals surface area (Å²) in [4.78, 5) is 18.3. The topological polar surface area (TPSA) is 64.2 Å². The summed E-state index contributed by atoms with van der Waals surface area (Å²) in [6.45, 7) is 4.98. The Hall–Kier alpha value is -1.86. The second-order valence-electron chi connectivity index (χ2n) is 6.03. The zero-order chi connectivity index (χ0) is 17.1. The molecular weight excluding hydrogens is 312 g/mol. The van der Waals surface area contributed by atoms with E-state index in [4.69, 9.17) is 4.98 Å². The predicted molar refractivity (Wildman–Crippen MR) is 91.9 cm³/mol. The van der Waals surface area contributed by atoms with Gasteiger partial charge in [0.1, 0.15) is 10.9 Å². The minimum atomic E-state index is -0.367. The van der Waals surface area contributed by atoms with Crippen LogP contribution < -0.4 is 0 Å². The van der Waals surface area contributed by atoms with Gasteiger partial charge < -0.3 is 9.47 Å². The highest BCUT2D eigenvalue weighted by Gasteiger charge is 2.19. The average Bonchev–Trinajstić information content (AvgIpc) is 2.76. The van der Waals surface area contributed by atoms with E-state index in [0.29, 0.717) is 5.92 Å².